The minimum absolute atomic E-state index is 0.446. The Kier molecular flexibility index (Phi) is 4.49. The maximum atomic E-state index is 12.1. The van der Waals surface area contributed by atoms with Crippen molar-refractivity contribution >= 4 is 39.3 Å². The zero-order valence-electron chi connectivity index (χ0n) is 16.0. The number of rotatable bonds is 4. The molecule has 145 valence electrons. The van der Waals surface area contributed by atoms with Crippen LogP contribution in [0.1, 0.15) is 15.9 Å². The highest BCUT2D eigenvalue weighted by Gasteiger charge is 2.17. The first-order valence-electron chi connectivity index (χ1n) is 9.53. The van der Waals surface area contributed by atoms with Crippen molar-refractivity contribution in [1.82, 2.24) is 9.55 Å². The van der Waals surface area contributed by atoms with Crippen LogP contribution in [-0.4, -0.2) is 15.5 Å². The monoisotopic (exact) mass is 410 g/mol. The highest BCUT2D eigenvalue weighted by Crippen LogP contribution is 2.34. The molecule has 0 aliphatic rings. The first-order valence-corrected chi connectivity index (χ1v) is 9.91. The topological polar surface area (TPSA) is 60.9 Å². The number of pyridine rings is 1. The predicted octanol–water partition coefficient (Wildman–Crippen LogP) is 5.46. The van der Waals surface area contributed by atoms with Gasteiger partial charge in [-0.3, -0.25) is 9.78 Å². The van der Waals surface area contributed by atoms with Crippen LogP contribution in [0.4, 0.5) is 0 Å². The van der Waals surface area contributed by atoms with Gasteiger partial charge in [-0.15, -0.1) is 0 Å². The number of fused-ring (bicyclic) bond motifs is 3. The molecule has 2 aromatic heterocycles. The SMILES string of the molecule is NC(=O)c1cccc2c1c1[c]cc(-c3ccc(Cl)cc3)cc1n2Cc1ccncc1. The highest BCUT2D eigenvalue weighted by atomic mass is 35.5. The number of hydrogen-bond acceptors (Lipinski definition) is 2. The number of primary amides is 1. The molecular weight excluding hydrogens is 394 g/mol. The summed E-state index contributed by atoms with van der Waals surface area (Å²) in [5.41, 5.74) is 11.3. The zero-order valence-corrected chi connectivity index (χ0v) is 16.7. The second kappa shape index (κ2) is 7.32. The number of amides is 1. The van der Waals surface area contributed by atoms with Gasteiger partial charge in [-0.05, 0) is 71.3 Å². The van der Waals surface area contributed by atoms with Gasteiger partial charge in [-0.2, -0.15) is 0 Å². The fraction of sp³-hybridized carbons (Fsp3) is 0.0400. The molecule has 0 spiro atoms. The van der Waals surface area contributed by atoms with Gasteiger partial charge in [0.05, 0.1) is 11.0 Å². The lowest BCUT2D eigenvalue weighted by Crippen LogP contribution is -2.11. The van der Waals surface area contributed by atoms with E-state index in [9.17, 15) is 4.79 Å². The van der Waals surface area contributed by atoms with Gasteiger partial charge in [-0.1, -0.05) is 29.8 Å². The Bertz CT molecular complexity index is 1390. The molecule has 1 amide bonds. The minimum atomic E-state index is -0.446. The average molecular weight is 411 g/mol. The molecule has 5 heteroatoms. The number of nitrogens with zero attached hydrogens (tertiary/aromatic N) is 2. The number of carbonyl (C=O) groups excluding carboxylic acids is 1. The van der Waals surface area contributed by atoms with Crippen molar-refractivity contribution < 1.29 is 4.79 Å². The maximum Gasteiger partial charge on any atom is 0.249 e. The van der Waals surface area contributed by atoms with Crippen LogP contribution in [-0.2, 0) is 6.54 Å². The van der Waals surface area contributed by atoms with Crippen molar-refractivity contribution in [2.75, 3.05) is 0 Å². The summed E-state index contributed by atoms with van der Waals surface area (Å²) in [6, 6.07) is 24.8. The van der Waals surface area contributed by atoms with E-state index < -0.39 is 5.91 Å². The molecular formula is C25H17ClN3O. The van der Waals surface area contributed by atoms with Crippen molar-refractivity contribution in [3.8, 4) is 11.1 Å². The quantitative estimate of drug-likeness (QED) is 0.427. The van der Waals surface area contributed by atoms with E-state index in [2.05, 4.69) is 21.7 Å². The lowest BCUT2D eigenvalue weighted by molar-refractivity contribution is 0.100. The van der Waals surface area contributed by atoms with E-state index in [1.807, 2.05) is 54.6 Å². The molecule has 0 aliphatic heterocycles. The Morgan fingerprint density at radius 3 is 2.50 bits per heavy atom. The van der Waals surface area contributed by atoms with E-state index in [1.165, 1.54) is 0 Å². The molecule has 5 aromatic rings. The Labute approximate surface area is 178 Å². The predicted molar refractivity (Wildman–Crippen MR) is 121 cm³/mol. The van der Waals surface area contributed by atoms with E-state index in [0.717, 1.165) is 38.5 Å². The molecule has 5 rings (SSSR count). The molecule has 30 heavy (non-hydrogen) atoms. The minimum Gasteiger partial charge on any atom is -0.366 e. The Balaban J connectivity index is 1.80. The van der Waals surface area contributed by atoms with Crippen molar-refractivity contribution in [2.45, 2.75) is 6.54 Å². The lowest BCUT2D eigenvalue weighted by Gasteiger charge is -2.09. The summed E-state index contributed by atoms with van der Waals surface area (Å²) in [4.78, 5) is 16.2. The number of hydrogen-bond donors (Lipinski definition) is 1. The standard InChI is InChI=1S/C25H17ClN3O/c26-19-7-4-17(5-8-19)18-6-9-20-23(14-18)29(15-16-10-12-28-13-11-16)22-3-1-2-21(24(20)22)25(27)30/h1-8,10-14H,15H2,(H2,27,30). The van der Waals surface area contributed by atoms with Crippen LogP contribution >= 0.6 is 11.6 Å². The van der Waals surface area contributed by atoms with Crippen LogP contribution in [0.25, 0.3) is 32.9 Å². The lowest BCUT2D eigenvalue weighted by atomic mass is 10.0. The summed E-state index contributed by atoms with van der Waals surface area (Å²) < 4.78 is 2.20. The summed E-state index contributed by atoms with van der Waals surface area (Å²) in [7, 11) is 0. The molecule has 0 fully saturated rings. The van der Waals surface area contributed by atoms with Gasteiger partial charge in [0.25, 0.3) is 0 Å². The van der Waals surface area contributed by atoms with Gasteiger partial charge in [-0.25, -0.2) is 0 Å². The normalized spacial score (nSPS) is 11.2. The van der Waals surface area contributed by atoms with Crippen LogP contribution in [0.5, 0.6) is 0 Å². The number of benzene rings is 3. The van der Waals surface area contributed by atoms with Gasteiger partial charge in [0.1, 0.15) is 0 Å². The molecule has 0 unspecified atom stereocenters. The third-order valence-corrected chi connectivity index (χ3v) is 5.58. The van der Waals surface area contributed by atoms with Crippen LogP contribution in [0.15, 0.2) is 79.1 Å². The molecule has 3 aromatic carbocycles. The second-order valence-corrected chi connectivity index (χ2v) is 7.60. The fourth-order valence-corrected chi connectivity index (χ4v) is 4.04. The summed E-state index contributed by atoms with van der Waals surface area (Å²) in [5, 5.41) is 2.41. The van der Waals surface area contributed by atoms with Crippen molar-refractivity contribution in [2.24, 2.45) is 5.73 Å². The van der Waals surface area contributed by atoms with E-state index in [0.29, 0.717) is 17.1 Å². The number of carbonyl (C=O) groups is 1. The van der Waals surface area contributed by atoms with Crippen molar-refractivity contribution in [3.63, 3.8) is 0 Å². The summed E-state index contributed by atoms with van der Waals surface area (Å²) in [6.07, 6.45) is 3.56. The van der Waals surface area contributed by atoms with Gasteiger partial charge in [0.15, 0.2) is 0 Å². The zero-order chi connectivity index (χ0) is 20.7. The van der Waals surface area contributed by atoms with Crippen molar-refractivity contribution in [3.05, 3.63) is 101 Å². The molecule has 0 bridgehead atoms. The molecule has 0 saturated carbocycles. The van der Waals surface area contributed by atoms with Crippen LogP contribution in [0.2, 0.25) is 5.02 Å². The van der Waals surface area contributed by atoms with Crippen LogP contribution in [0.3, 0.4) is 0 Å². The average Bonchev–Trinajstić information content (AvgIpc) is 3.08. The number of aromatic nitrogens is 2. The van der Waals surface area contributed by atoms with Gasteiger partial charge in [0.2, 0.25) is 5.91 Å². The molecule has 1 radical (unpaired) electrons. The Morgan fingerprint density at radius 2 is 1.77 bits per heavy atom. The first-order chi connectivity index (χ1) is 14.6. The number of nitrogens with two attached hydrogens (primary N) is 1. The largest absolute Gasteiger partial charge is 0.366 e. The summed E-state index contributed by atoms with van der Waals surface area (Å²) in [5.74, 6) is -0.446. The third kappa shape index (κ3) is 3.11. The Morgan fingerprint density at radius 1 is 1.00 bits per heavy atom. The molecule has 2 heterocycles. The van der Waals surface area contributed by atoms with E-state index >= 15 is 0 Å². The molecule has 0 aliphatic carbocycles. The molecule has 0 atom stereocenters. The van der Waals surface area contributed by atoms with Gasteiger partial charge >= 0.3 is 0 Å². The van der Waals surface area contributed by atoms with Crippen LogP contribution < -0.4 is 5.73 Å². The van der Waals surface area contributed by atoms with E-state index in [4.69, 9.17) is 17.3 Å². The fourth-order valence-electron chi connectivity index (χ4n) is 3.91. The number of halogens is 1. The van der Waals surface area contributed by atoms with Gasteiger partial charge in [0, 0.05) is 40.3 Å². The highest BCUT2D eigenvalue weighted by molar-refractivity contribution is 6.30. The van der Waals surface area contributed by atoms with E-state index in [1.54, 1.807) is 18.5 Å². The van der Waals surface area contributed by atoms with Gasteiger partial charge < -0.3 is 10.3 Å². The maximum absolute atomic E-state index is 12.1. The van der Waals surface area contributed by atoms with E-state index in [-0.39, 0.29) is 0 Å². The second-order valence-electron chi connectivity index (χ2n) is 7.16. The molecule has 0 saturated heterocycles. The smallest absolute Gasteiger partial charge is 0.249 e. The third-order valence-electron chi connectivity index (χ3n) is 5.33. The van der Waals surface area contributed by atoms with Crippen LogP contribution in [0, 0.1) is 6.07 Å². The molecule has 2 N–H and O–H groups in total. The summed E-state index contributed by atoms with van der Waals surface area (Å²) in [6.45, 7) is 0.642. The Hall–Kier alpha value is -3.63. The van der Waals surface area contributed by atoms with Crippen molar-refractivity contribution in [1.29, 1.82) is 0 Å². The first kappa shape index (κ1) is 18.4. The summed E-state index contributed by atoms with van der Waals surface area (Å²) >= 11 is 6.05. The molecule has 4 nitrogen and oxygen atoms in total.